The second kappa shape index (κ2) is 3.38. The Labute approximate surface area is 63.8 Å². The Morgan fingerprint density at radius 1 is 1.40 bits per heavy atom. The molecule has 0 aromatic heterocycles. The third kappa shape index (κ3) is 1.98. The van der Waals surface area contributed by atoms with Crippen LogP contribution in [0.3, 0.4) is 0 Å². The molecule has 0 unspecified atom stereocenters. The van der Waals surface area contributed by atoms with Crippen LogP contribution >= 0.6 is 0 Å². The fraction of sp³-hybridized carbons (Fsp3) is 1.00. The summed E-state index contributed by atoms with van der Waals surface area (Å²) < 4.78 is 5.61. The largest absolute Gasteiger partial charge is 0.378 e. The molecule has 1 heterocycles. The molecule has 1 fully saturated rings. The molecule has 0 saturated carbocycles. The van der Waals surface area contributed by atoms with Crippen LogP contribution in [0.15, 0.2) is 0 Å². The molecular weight excluding hydrogens is 124 g/mol. The highest BCUT2D eigenvalue weighted by Gasteiger charge is 2.21. The summed E-state index contributed by atoms with van der Waals surface area (Å²) in [5.74, 6) is 1.57. The zero-order valence-corrected chi connectivity index (χ0v) is 7.26. The Balaban J connectivity index is 2.32. The lowest BCUT2D eigenvalue weighted by atomic mass is 9.92. The van der Waals surface area contributed by atoms with Crippen LogP contribution in [0.2, 0.25) is 0 Å². The summed E-state index contributed by atoms with van der Waals surface area (Å²) in [7, 11) is 0. The standard InChI is InChI=1S/C9H18O/c1-7(2)9-6-8(3)4-5-10-9/h7-9H,4-6H2,1-3H3/t8-,9-/m1/s1. The molecule has 0 radical (unpaired) electrons. The summed E-state index contributed by atoms with van der Waals surface area (Å²) in [6.07, 6.45) is 3.05. The predicted octanol–water partition coefficient (Wildman–Crippen LogP) is 2.46. The predicted molar refractivity (Wildman–Crippen MR) is 43.0 cm³/mol. The number of ether oxygens (including phenoxy) is 1. The summed E-state index contributed by atoms with van der Waals surface area (Å²) >= 11 is 0. The summed E-state index contributed by atoms with van der Waals surface area (Å²) in [6, 6.07) is 0. The van der Waals surface area contributed by atoms with Crippen molar-refractivity contribution in [2.75, 3.05) is 6.61 Å². The van der Waals surface area contributed by atoms with Gasteiger partial charge in [0.2, 0.25) is 0 Å². The molecular formula is C9H18O. The Hall–Kier alpha value is -0.0400. The van der Waals surface area contributed by atoms with E-state index in [4.69, 9.17) is 4.74 Å². The topological polar surface area (TPSA) is 9.23 Å². The third-order valence-electron chi connectivity index (χ3n) is 2.32. The van der Waals surface area contributed by atoms with Gasteiger partial charge in [0.15, 0.2) is 0 Å². The third-order valence-corrected chi connectivity index (χ3v) is 2.32. The molecule has 0 aromatic carbocycles. The molecule has 1 nitrogen and oxygen atoms in total. The van der Waals surface area contributed by atoms with Crippen LogP contribution < -0.4 is 0 Å². The van der Waals surface area contributed by atoms with E-state index < -0.39 is 0 Å². The highest BCUT2D eigenvalue weighted by molar-refractivity contribution is 4.70. The van der Waals surface area contributed by atoms with Crippen molar-refractivity contribution in [3.8, 4) is 0 Å². The molecule has 0 N–H and O–H groups in total. The van der Waals surface area contributed by atoms with Crippen molar-refractivity contribution in [3.05, 3.63) is 0 Å². The lowest BCUT2D eigenvalue weighted by Crippen LogP contribution is -2.28. The molecule has 10 heavy (non-hydrogen) atoms. The van der Waals surface area contributed by atoms with Gasteiger partial charge in [-0.2, -0.15) is 0 Å². The summed E-state index contributed by atoms with van der Waals surface area (Å²) in [5.41, 5.74) is 0. The van der Waals surface area contributed by atoms with Crippen molar-refractivity contribution < 1.29 is 4.74 Å². The Kier molecular flexibility index (Phi) is 2.72. The fourth-order valence-corrected chi connectivity index (χ4v) is 1.47. The number of hydrogen-bond donors (Lipinski definition) is 0. The maximum absolute atomic E-state index is 5.61. The highest BCUT2D eigenvalue weighted by atomic mass is 16.5. The summed E-state index contributed by atoms with van der Waals surface area (Å²) in [4.78, 5) is 0. The first-order chi connectivity index (χ1) is 4.70. The van der Waals surface area contributed by atoms with E-state index in [0.717, 1.165) is 12.5 Å². The molecule has 1 aliphatic rings. The van der Waals surface area contributed by atoms with E-state index in [1.54, 1.807) is 0 Å². The van der Waals surface area contributed by atoms with Gasteiger partial charge in [-0.25, -0.2) is 0 Å². The lowest BCUT2D eigenvalue weighted by molar-refractivity contribution is -0.0304. The van der Waals surface area contributed by atoms with Gasteiger partial charge in [-0.3, -0.25) is 0 Å². The first kappa shape index (κ1) is 8.06. The van der Waals surface area contributed by atoms with Crippen LogP contribution in [-0.4, -0.2) is 12.7 Å². The van der Waals surface area contributed by atoms with Crippen LogP contribution in [0.25, 0.3) is 0 Å². The van der Waals surface area contributed by atoms with Crippen LogP contribution in [-0.2, 0) is 4.74 Å². The quantitative estimate of drug-likeness (QED) is 0.546. The number of hydrogen-bond acceptors (Lipinski definition) is 1. The molecule has 0 amide bonds. The Bertz CT molecular complexity index is 98.9. The van der Waals surface area contributed by atoms with E-state index in [2.05, 4.69) is 20.8 Å². The van der Waals surface area contributed by atoms with Gasteiger partial charge in [0, 0.05) is 6.61 Å². The Morgan fingerprint density at radius 3 is 2.50 bits per heavy atom. The van der Waals surface area contributed by atoms with Gasteiger partial charge in [-0.15, -0.1) is 0 Å². The first-order valence-electron chi connectivity index (χ1n) is 4.31. The normalized spacial score (nSPS) is 34.8. The smallest absolute Gasteiger partial charge is 0.0600 e. The molecule has 0 aliphatic carbocycles. The van der Waals surface area contributed by atoms with Crippen molar-refractivity contribution in [2.45, 2.75) is 39.7 Å². The SMILES string of the molecule is CC(C)[C@H]1C[C@H](C)CCO1. The van der Waals surface area contributed by atoms with E-state index in [-0.39, 0.29) is 0 Å². The number of rotatable bonds is 1. The zero-order chi connectivity index (χ0) is 7.56. The molecule has 0 bridgehead atoms. The first-order valence-corrected chi connectivity index (χ1v) is 4.31. The van der Waals surface area contributed by atoms with E-state index in [1.807, 2.05) is 0 Å². The average molecular weight is 142 g/mol. The van der Waals surface area contributed by atoms with E-state index in [0.29, 0.717) is 12.0 Å². The minimum atomic E-state index is 0.531. The second-order valence-corrected chi connectivity index (χ2v) is 3.78. The molecule has 0 aromatic rings. The van der Waals surface area contributed by atoms with Crippen molar-refractivity contribution in [1.82, 2.24) is 0 Å². The maximum Gasteiger partial charge on any atom is 0.0600 e. The van der Waals surface area contributed by atoms with Gasteiger partial charge in [-0.05, 0) is 24.7 Å². The van der Waals surface area contributed by atoms with Crippen LogP contribution in [0.1, 0.15) is 33.6 Å². The van der Waals surface area contributed by atoms with Crippen LogP contribution in [0, 0.1) is 11.8 Å². The minimum absolute atomic E-state index is 0.531. The average Bonchev–Trinajstić information content (AvgIpc) is 1.88. The van der Waals surface area contributed by atoms with Crippen LogP contribution in [0.4, 0.5) is 0 Å². The lowest BCUT2D eigenvalue weighted by Gasteiger charge is -2.29. The van der Waals surface area contributed by atoms with Crippen LogP contribution in [0.5, 0.6) is 0 Å². The van der Waals surface area contributed by atoms with Gasteiger partial charge in [0.25, 0.3) is 0 Å². The highest BCUT2D eigenvalue weighted by Crippen LogP contribution is 2.23. The molecule has 2 atom stereocenters. The van der Waals surface area contributed by atoms with Gasteiger partial charge in [0.1, 0.15) is 0 Å². The molecule has 1 heteroatoms. The second-order valence-electron chi connectivity index (χ2n) is 3.78. The van der Waals surface area contributed by atoms with Gasteiger partial charge >= 0.3 is 0 Å². The monoisotopic (exact) mass is 142 g/mol. The van der Waals surface area contributed by atoms with Gasteiger partial charge in [0.05, 0.1) is 6.10 Å². The van der Waals surface area contributed by atoms with Crippen molar-refractivity contribution in [3.63, 3.8) is 0 Å². The Morgan fingerprint density at radius 2 is 2.10 bits per heavy atom. The van der Waals surface area contributed by atoms with Gasteiger partial charge < -0.3 is 4.74 Å². The van der Waals surface area contributed by atoms with Crippen molar-refractivity contribution in [2.24, 2.45) is 11.8 Å². The van der Waals surface area contributed by atoms with E-state index in [1.165, 1.54) is 12.8 Å². The van der Waals surface area contributed by atoms with Crippen molar-refractivity contribution in [1.29, 1.82) is 0 Å². The molecule has 60 valence electrons. The van der Waals surface area contributed by atoms with E-state index >= 15 is 0 Å². The van der Waals surface area contributed by atoms with Crippen molar-refractivity contribution >= 4 is 0 Å². The zero-order valence-electron chi connectivity index (χ0n) is 7.26. The summed E-state index contributed by atoms with van der Waals surface area (Å²) in [6.45, 7) is 7.77. The molecule has 1 rings (SSSR count). The molecule has 1 aliphatic heterocycles. The van der Waals surface area contributed by atoms with Gasteiger partial charge in [-0.1, -0.05) is 20.8 Å². The minimum Gasteiger partial charge on any atom is -0.378 e. The molecule has 0 spiro atoms. The fourth-order valence-electron chi connectivity index (χ4n) is 1.47. The maximum atomic E-state index is 5.61. The summed E-state index contributed by atoms with van der Waals surface area (Å²) in [5, 5.41) is 0. The molecule has 1 saturated heterocycles. The van der Waals surface area contributed by atoms with E-state index in [9.17, 15) is 0 Å².